The third kappa shape index (κ3) is 4.04. The molecule has 0 bridgehead atoms. The van der Waals surface area contributed by atoms with Crippen molar-refractivity contribution in [3.63, 3.8) is 0 Å². The van der Waals surface area contributed by atoms with Crippen LogP contribution < -0.4 is 16.8 Å². The second-order valence-corrected chi connectivity index (χ2v) is 12.4. The van der Waals surface area contributed by atoms with Crippen LogP contribution in [-0.2, 0) is 21.5 Å². The van der Waals surface area contributed by atoms with Crippen LogP contribution >= 0.6 is 0 Å². The van der Waals surface area contributed by atoms with Crippen LogP contribution in [0.2, 0.25) is 0 Å². The van der Waals surface area contributed by atoms with E-state index in [1.165, 1.54) is 9.36 Å². The highest BCUT2D eigenvalue weighted by atomic mass is 16.3. The summed E-state index contributed by atoms with van der Waals surface area (Å²) in [7, 11) is 0. The van der Waals surface area contributed by atoms with Gasteiger partial charge < -0.3 is 5.11 Å². The van der Waals surface area contributed by atoms with Crippen LogP contribution in [-0.4, -0.2) is 35.9 Å². The van der Waals surface area contributed by atoms with E-state index in [0.29, 0.717) is 28.1 Å². The normalized spacial score (nSPS) is 23.1. The molecule has 10 nitrogen and oxygen atoms in total. The summed E-state index contributed by atoms with van der Waals surface area (Å²) in [6, 6.07) is 31.4. The van der Waals surface area contributed by atoms with Crippen LogP contribution in [0.5, 0.6) is 5.75 Å². The Morgan fingerprint density at radius 1 is 0.787 bits per heavy atom. The first-order valence-corrected chi connectivity index (χ1v) is 15.6. The Balaban J connectivity index is 1.38. The summed E-state index contributed by atoms with van der Waals surface area (Å²) < 4.78 is 3.96. The van der Waals surface area contributed by atoms with Gasteiger partial charge in [-0.05, 0) is 54.8 Å². The highest BCUT2D eigenvalue weighted by Gasteiger charge is 2.69. The Morgan fingerprint density at radius 2 is 1.45 bits per heavy atom. The number of para-hydroxylation sites is 2. The van der Waals surface area contributed by atoms with Gasteiger partial charge in [-0.2, -0.15) is 5.01 Å². The lowest BCUT2D eigenvalue weighted by Gasteiger charge is -2.49. The van der Waals surface area contributed by atoms with E-state index < -0.39 is 46.5 Å². The monoisotopic (exact) mass is 625 g/mol. The zero-order valence-corrected chi connectivity index (χ0v) is 25.5. The molecule has 8 rings (SSSR count). The fourth-order valence-electron chi connectivity index (χ4n) is 7.88. The third-order valence-corrected chi connectivity index (χ3v) is 9.92. The van der Waals surface area contributed by atoms with Crippen molar-refractivity contribution in [1.82, 2.24) is 18.9 Å². The average molecular weight is 626 g/mol. The molecule has 234 valence electrons. The Morgan fingerprint density at radius 3 is 2.15 bits per heavy atom. The number of benzene rings is 4. The number of anilines is 1. The Labute approximate surface area is 269 Å². The Hall–Kier alpha value is -5.90. The molecule has 1 aliphatic carbocycles. The number of aromatic nitrogens is 3. The average Bonchev–Trinajstić information content (AvgIpc) is 3.48. The van der Waals surface area contributed by atoms with Gasteiger partial charge >= 0.3 is 11.4 Å². The van der Waals surface area contributed by atoms with E-state index >= 15 is 4.79 Å². The van der Waals surface area contributed by atoms with Gasteiger partial charge in [0.25, 0.3) is 11.8 Å². The molecule has 2 N–H and O–H groups in total. The maximum absolute atomic E-state index is 15.1. The second-order valence-electron chi connectivity index (χ2n) is 12.4. The number of hydrogen-bond donors (Lipinski definition) is 2. The first-order chi connectivity index (χ1) is 22.8. The summed E-state index contributed by atoms with van der Waals surface area (Å²) in [5.41, 5.74) is 4.39. The number of hydrazine groups is 1. The molecule has 4 aromatic carbocycles. The zero-order valence-electron chi connectivity index (χ0n) is 25.5. The van der Waals surface area contributed by atoms with Crippen LogP contribution in [0.25, 0.3) is 5.69 Å². The van der Waals surface area contributed by atoms with Crippen molar-refractivity contribution in [3.8, 4) is 11.4 Å². The van der Waals surface area contributed by atoms with Crippen molar-refractivity contribution in [1.29, 1.82) is 0 Å². The zero-order chi connectivity index (χ0) is 32.4. The maximum atomic E-state index is 15.1. The molecule has 3 aliphatic rings. The molecule has 1 saturated heterocycles. The minimum Gasteiger partial charge on any atom is -0.508 e. The molecule has 2 amide bonds. The SMILES string of the molecule is Cc1ccc(NN2C(=O)[C@@H]3C[C@@H]4C(=CCn5c(=O)n(-c6ccccc6)c(=O)n54)[C@H](c4ccccc4O)[C@]3(c3ccccc3)C2=O)cc1. The van der Waals surface area contributed by atoms with Gasteiger partial charge in [0.2, 0.25) is 0 Å². The van der Waals surface area contributed by atoms with Crippen LogP contribution in [0.3, 0.4) is 0 Å². The van der Waals surface area contributed by atoms with Gasteiger partial charge in [-0.1, -0.05) is 90.5 Å². The lowest BCUT2D eigenvalue weighted by atomic mass is 9.53. The van der Waals surface area contributed by atoms with Gasteiger partial charge in [-0.3, -0.25) is 15.0 Å². The van der Waals surface area contributed by atoms with E-state index in [-0.39, 0.29) is 18.7 Å². The molecule has 2 fully saturated rings. The smallest absolute Gasteiger partial charge is 0.352 e. The van der Waals surface area contributed by atoms with Crippen molar-refractivity contribution in [2.75, 3.05) is 5.43 Å². The van der Waals surface area contributed by atoms with Crippen LogP contribution in [0.15, 0.2) is 130 Å². The van der Waals surface area contributed by atoms with Gasteiger partial charge in [-0.15, -0.1) is 0 Å². The minimum atomic E-state index is -1.47. The van der Waals surface area contributed by atoms with E-state index in [1.54, 1.807) is 60.7 Å². The van der Waals surface area contributed by atoms with E-state index in [9.17, 15) is 19.5 Å². The minimum absolute atomic E-state index is 0.0320. The first-order valence-electron chi connectivity index (χ1n) is 15.6. The molecule has 3 heterocycles. The number of aromatic hydroxyl groups is 1. The van der Waals surface area contributed by atoms with Crippen LogP contribution in [0, 0.1) is 12.8 Å². The van der Waals surface area contributed by atoms with E-state index in [0.717, 1.165) is 15.1 Å². The Bertz CT molecular complexity index is 2200. The molecule has 0 spiro atoms. The molecule has 0 radical (unpaired) electrons. The number of hydrogen-bond acceptors (Lipinski definition) is 6. The molecule has 2 aliphatic heterocycles. The van der Waals surface area contributed by atoms with Gasteiger partial charge in [0.15, 0.2) is 0 Å². The van der Waals surface area contributed by atoms with Crippen LogP contribution in [0.4, 0.5) is 5.69 Å². The predicted molar refractivity (Wildman–Crippen MR) is 175 cm³/mol. The molecule has 1 saturated carbocycles. The van der Waals surface area contributed by atoms with Gasteiger partial charge in [0.05, 0.1) is 35.3 Å². The standard InChI is InChI=1S/C37H31N5O5/c1-23-16-18-25(19-17-23)38-41-33(44)29-22-30-27(20-21-39-35(46)40(36(47)42(30)39)26-12-6-3-7-13-26)32(28-14-8-9-15-31(28)43)37(29,34(41)45)24-10-4-2-5-11-24/h2-20,29-30,32,38,43H,21-22H2,1H3/t29-,30+,32+,37+/m0/s1. The number of phenolic OH excluding ortho intramolecular Hbond substituents is 1. The topological polar surface area (TPSA) is 119 Å². The Kier molecular flexibility index (Phi) is 6.43. The summed E-state index contributed by atoms with van der Waals surface area (Å²) in [5, 5.41) is 12.5. The van der Waals surface area contributed by atoms with E-state index in [4.69, 9.17) is 0 Å². The number of rotatable bonds is 5. The largest absolute Gasteiger partial charge is 0.508 e. The molecule has 4 atom stereocenters. The van der Waals surface area contributed by atoms with E-state index in [1.807, 2.05) is 61.5 Å². The molecule has 0 unspecified atom stereocenters. The lowest BCUT2D eigenvalue weighted by Crippen LogP contribution is -2.53. The predicted octanol–water partition coefficient (Wildman–Crippen LogP) is 4.43. The summed E-state index contributed by atoms with van der Waals surface area (Å²) in [6.45, 7) is 2.03. The summed E-state index contributed by atoms with van der Waals surface area (Å²) in [4.78, 5) is 57.6. The molecular formula is C37H31N5O5. The summed E-state index contributed by atoms with van der Waals surface area (Å²) in [5.74, 6) is -2.73. The molecule has 10 heteroatoms. The number of amides is 2. The number of nitrogens with zero attached hydrogens (tertiary/aromatic N) is 4. The number of phenols is 1. The summed E-state index contributed by atoms with van der Waals surface area (Å²) in [6.07, 6.45) is 1.96. The van der Waals surface area contributed by atoms with Gasteiger partial charge in [0.1, 0.15) is 5.75 Å². The fourth-order valence-corrected chi connectivity index (χ4v) is 7.88. The number of allylic oxidation sites excluding steroid dienone is 2. The fraction of sp³-hybridized carbons (Fsp3) is 0.189. The first kappa shape index (κ1) is 28.6. The molecule has 1 aromatic heterocycles. The number of carbonyl (C=O) groups is 2. The second kappa shape index (κ2) is 10.6. The van der Waals surface area contributed by atoms with Gasteiger partial charge in [-0.25, -0.2) is 23.5 Å². The van der Waals surface area contributed by atoms with Crippen molar-refractivity contribution in [3.05, 3.63) is 159 Å². The summed E-state index contributed by atoms with van der Waals surface area (Å²) >= 11 is 0. The molecule has 5 aromatic rings. The number of imide groups is 1. The number of fused-ring (bicyclic) bond motifs is 4. The van der Waals surface area contributed by atoms with Crippen molar-refractivity contribution >= 4 is 17.5 Å². The van der Waals surface area contributed by atoms with Crippen LogP contribution in [0.1, 0.15) is 35.1 Å². The number of aryl methyl sites for hydroxylation is 1. The third-order valence-electron chi connectivity index (χ3n) is 9.92. The van der Waals surface area contributed by atoms with Crippen molar-refractivity contribution in [2.45, 2.75) is 37.3 Å². The van der Waals surface area contributed by atoms with E-state index in [2.05, 4.69) is 5.43 Å². The highest BCUT2D eigenvalue weighted by molar-refractivity contribution is 6.12. The quantitative estimate of drug-likeness (QED) is 0.220. The lowest BCUT2D eigenvalue weighted by molar-refractivity contribution is -0.138. The van der Waals surface area contributed by atoms with Gasteiger partial charge in [0, 0.05) is 11.5 Å². The molecule has 47 heavy (non-hydrogen) atoms. The van der Waals surface area contributed by atoms with Crippen molar-refractivity contribution < 1.29 is 14.7 Å². The highest BCUT2D eigenvalue weighted by Crippen LogP contribution is 2.62. The van der Waals surface area contributed by atoms with Crippen molar-refractivity contribution in [2.24, 2.45) is 5.92 Å². The molecular weight excluding hydrogens is 594 g/mol. The number of carbonyl (C=O) groups excluding carboxylic acids is 2. The number of nitrogens with one attached hydrogen (secondary N) is 1. The maximum Gasteiger partial charge on any atom is 0.352 e.